The summed E-state index contributed by atoms with van der Waals surface area (Å²) in [7, 11) is 0. The van der Waals surface area contributed by atoms with Crippen LogP contribution in [0.1, 0.15) is 49.8 Å². The zero-order valence-corrected chi connectivity index (χ0v) is 9.25. The third kappa shape index (κ3) is 2.85. The lowest BCUT2D eigenvalue weighted by Crippen LogP contribution is -1.94. The molecule has 0 bridgehead atoms. The first-order valence-electron chi connectivity index (χ1n) is 5.28. The SMILES string of the molecule is CCCc1cc([CH]O)cc(C(C)C)c1. The first-order valence-corrected chi connectivity index (χ1v) is 5.28. The fourth-order valence-corrected chi connectivity index (χ4v) is 1.59. The van der Waals surface area contributed by atoms with E-state index in [1.807, 2.05) is 6.07 Å². The maximum atomic E-state index is 9.01. The molecule has 0 atom stereocenters. The van der Waals surface area contributed by atoms with Crippen LogP contribution in [0.2, 0.25) is 0 Å². The minimum atomic E-state index is 0.519. The summed E-state index contributed by atoms with van der Waals surface area (Å²) in [6, 6.07) is 6.33. The van der Waals surface area contributed by atoms with Gasteiger partial charge in [0.1, 0.15) is 6.61 Å². The molecule has 1 heteroatoms. The smallest absolute Gasteiger partial charge is 0.109 e. The van der Waals surface area contributed by atoms with Crippen molar-refractivity contribution in [3.8, 4) is 0 Å². The number of benzene rings is 1. The van der Waals surface area contributed by atoms with Gasteiger partial charge in [-0.3, -0.25) is 0 Å². The second-order valence-electron chi connectivity index (χ2n) is 4.04. The second-order valence-corrected chi connectivity index (χ2v) is 4.04. The van der Waals surface area contributed by atoms with Crippen LogP contribution < -0.4 is 0 Å². The molecule has 1 aromatic carbocycles. The van der Waals surface area contributed by atoms with Crippen molar-refractivity contribution in [1.82, 2.24) is 0 Å². The highest BCUT2D eigenvalue weighted by Gasteiger charge is 2.03. The van der Waals surface area contributed by atoms with Gasteiger partial charge in [-0.25, -0.2) is 0 Å². The molecule has 0 aliphatic rings. The van der Waals surface area contributed by atoms with Crippen LogP contribution in [-0.2, 0) is 6.42 Å². The number of rotatable bonds is 4. The fourth-order valence-electron chi connectivity index (χ4n) is 1.59. The number of hydrogen-bond donors (Lipinski definition) is 1. The normalized spacial score (nSPS) is 10.9. The lowest BCUT2D eigenvalue weighted by molar-refractivity contribution is 0.414. The fraction of sp³-hybridized carbons (Fsp3) is 0.462. The Morgan fingerprint density at radius 3 is 2.50 bits per heavy atom. The monoisotopic (exact) mass is 191 g/mol. The molecule has 0 saturated heterocycles. The van der Waals surface area contributed by atoms with Crippen LogP contribution in [0.25, 0.3) is 0 Å². The second kappa shape index (κ2) is 5.16. The minimum absolute atomic E-state index is 0.519. The van der Waals surface area contributed by atoms with Crippen molar-refractivity contribution < 1.29 is 5.11 Å². The van der Waals surface area contributed by atoms with Crippen LogP contribution in [0.15, 0.2) is 18.2 Å². The van der Waals surface area contributed by atoms with Crippen molar-refractivity contribution in [2.24, 2.45) is 0 Å². The highest BCUT2D eigenvalue weighted by atomic mass is 16.3. The molecule has 0 amide bonds. The van der Waals surface area contributed by atoms with E-state index >= 15 is 0 Å². The van der Waals surface area contributed by atoms with Crippen molar-refractivity contribution >= 4 is 0 Å². The molecule has 1 radical (unpaired) electrons. The molecular formula is C13H19O. The quantitative estimate of drug-likeness (QED) is 0.770. The Labute approximate surface area is 86.8 Å². The average molecular weight is 191 g/mol. The van der Waals surface area contributed by atoms with Gasteiger partial charge in [-0.15, -0.1) is 0 Å². The summed E-state index contributed by atoms with van der Waals surface area (Å²) in [6.07, 6.45) is 2.23. The summed E-state index contributed by atoms with van der Waals surface area (Å²) in [6.45, 7) is 7.70. The molecule has 14 heavy (non-hydrogen) atoms. The maximum Gasteiger partial charge on any atom is 0.109 e. The summed E-state index contributed by atoms with van der Waals surface area (Å²) in [5.41, 5.74) is 3.54. The predicted molar refractivity (Wildman–Crippen MR) is 59.9 cm³/mol. The highest BCUT2D eigenvalue weighted by Crippen LogP contribution is 2.19. The molecule has 77 valence electrons. The molecule has 1 aromatic rings. The van der Waals surface area contributed by atoms with E-state index in [-0.39, 0.29) is 0 Å². The largest absolute Gasteiger partial charge is 0.385 e. The summed E-state index contributed by atoms with van der Waals surface area (Å²) in [5, 5.41) is 9.01. The Morgan fingerprint density at radius 2 is 2.00 bits per heavy atom. The molecule has 1 N–H and O–H groups in total. The van der Waals surface area contributed by atoms with Crippen LogP contribution in [0, 0.1) is 6.61 Å². The van der Waals surface area contributed by atoms with E-state index in [4.69, 9.17) is 5.11 Å². The van der Waals surface area contributed by atoms with Crippen LogP contribution >= 0.6 is 0 Å². The van der Waals surface area contributed by atoms with E-state index < -0.39 is 0 Å². The standard InChI is InChI=1S/C13H19O/c1-4-5-11-6-12(9-14)8-13(7-11)10(2)3/h6-10,14H,4-5H2,1-3H3. The number of aliphatic hydroxyl groups is 1. The van der Waals surface area contributed by atoms with Gasteiger partial charge in [0.2, 0.25) is 0 Å². The highest BCUT2D eigenvalue weighted by molar-refractivity contribution is 5.34. The van der Waals surface area contributed by atoms with E-state index in [0.717, 1.165) is 18.4 Å². The van der Waals surface area contributed by atoms with Crippen LogP contribution in [0.3, 0.4) is 0 Å². The lowest BCUT2D eigenvalue weighted by Gasteiger charge is -2.10. The van der Waals surface area contributed by atoms with Gasteiger partial charge in [-0.05, 0) is 29.0 Å². The van der Waals surface area contributed by atoms with Gasteiger partial charge in [0, 0.05) is 0 Å². The molecule has 0 fully saturated rings. The van der Waals surface area contributed by atoms with E-state index in [1.165, 1.54) is 17.7 Å². The van der Waals surface area contributed by atoms with Crippen LogP contribution in [-0.4, -0.2) is 5.11 Å². The topological polar surface area (TPSA) is 20.2 Å². The molecule has 1 rings (SSSR count). The van der Waals surface area contributed by atoms with Gasteiger partial charge in [-0.2, -0.15) is 0 Å². The number of aryl methyl sites for hydroxylation is 1. The molecule has 0 aliphatic heterocycles. The van der Waals surface area contributed by atoms with Gasteiger partial charge in [-0.1, -0.05) is 45.4 Å². The van der Waals surface area contributed by atoms with Crippen molar-refractivity contribution in [3.63, 3.8) is 0 Å². The van der Waals surface area contributed by atoms with Gasteiger partial charge in [0.05, 0.1) is 0 Å². The van der Waals surface area contributed by atoms with Gasteiger partial charge >= 0.3 is 0 Å². The molecular weight excluding hydrogens is 172 g/mol. The Morgan fingerprint density at radius 1 is 1.29 bits per heavy atom. The summed E-state index contributed by atoms with van der Waals surface area (Å²) in [5.74, 6) is 0.519. The van der Waals surface area contributed by atoms with E-state index in [9.17, 15) is 0 Å². The summed E-state index contributed by atoms with van der Waals surface area (Å²) in [4.78, 5) is 0. The van der Waals surface area contributed by atoms with Crippen molar-refractivity contribution in [2.45, 2.75) is 39.5 Å². The molecule has 0 spiro atoms. The van der Waals surface area contributed by atoms with Gasteiger partial charge < -0.3 is 5.11 Å². The van der Waals surface area contributed by atoms with E-state index in [0.29, 0.717) is 5.92 Å². The molecule has 0 saturated carbocycles. The van der Waals surface area contributed by atoms with Crippen molar-refractivity contribution in [2.75, 3.05) is 0 Å². The van der Waals surface area contributed by atoms with Gasteiger partial charge in [0.15, 0.2) is 0 Å². The number of hydrogen-bond acceptors (Lipinski definition) is 1. The molecule has 0 unspecified atom stereocenters. The third-order valence-electron chi connectivity index (χ3n) is 2.39. The Balaban J connectivity index is 3.00. The van der Waals surface area contributed by atoms with E-state index in [2.05, 4.69) is 32.9 Å². The molecule has 1 nitrogen and oxygen atoms in total. The maximum absolute atomic E-state index is 9.01. The Hall–Kier alpha value is -0.820. The number of aliphatic hydroxyl groups excluding tert-OH is 1. The lowest BCUT2D eigenvalue weighted by atomic mass is 9.96. The van der Waals surface area contributed by atoms with Crippen molar-refractivity contribution in [1.29, 1.82) is 0 Å². The molecule has 0 aliphatic carbocycles. The molecule has 0 aromatic heterocycles. The van der Waals surface area contributed by atoms with Crippen LogP contribution in [0.5, 0.6) is 0 Å². The Kier molecular flexibility index (Phi) is 4.15. The first-order chi connectivity index (χ1) is 6.67. The average Bonchev–Trinajstić information content (AvgIpc) is 2.17. The minimum Gasteiger partial charge on any atom is -0.385 e. The Bertz CT molecular complexity index is 289. The summed E-state index contributed by atoms with van der Waals surface area (Å²) >= 11 is 0. The zero-order valence-electron chi connectivity index (χ0n) is 9.25. The third-order valence-corrected chi connectivity index (χ3v) is 2.39. The summed E-state index contributed by atoms with van der Waals surface area (Å²) < 4.78 is 0. The van der Waals surface area contributed by atoms with Gasteiger partial charge in [0.25, 0.3) is 0 Å². The predicted octanol–water partition coefficient (Wildman–Crippen LogP) is 3.64. The zero-order chi connectivity index (χ0) is 10.6. The van der Waals surface area contributed by atoms with E-state index in [1.54, 1.807) is 0 Å². The van der Waals surface area contributed by atoms with Crippen LogP contribution in [0.4, 0.5) is 0 Å². The first kappa shape index (κ1) is 11.3. The van der Waals surface area contributed by atoms with Crippen molar-refractivity contribution in [3.05, 3.63) is 41.5 Å². The molecule has 0 heterocycles.